The second kappa shape index (κ2) is 5.52. The molecule has 1 amide bonds. The zero-order valence-corrected chi connectivity index (χ0v) is 11.1. The van der Waals surface area contributed by atoms with Crippen molar-refractivity contribution in [1.29, 1.82) is 0 Å². The number of carbonyl (C=O) groups is 1. The molecular weight excluding hydrogens is 238 g/mol. The van der Waals surface area contributed by atoms with Crippen molar-refractivity contribution in [3.63, 3.8) is 0 Å². The molecule has 0 saturated heterocycles. The SMILES string of the molecule is Cc1ccc(NC(=O)C(C)c2cccc(N)c2)nc1. The van der Waals surface area contributed by atoms with Gasteiger partial charge in [0, 0.05) is 11.9 Å². The molecule has 1 heterocycles. The number of hydrogen-bond acceptors (Lipinski definition) is 3. The lowest BCUT2D eigenvalue weighted by atomic mass is 10.00. The first-order valence-electron chi connectivity index (χ1n) is 6.15. The molecule has 0 saturated carbocycles. The average molecular weight is 255 g/mol. The molecule has 0 fully saturated rings. The Morgan fingerprint density at radius 2 is 2.11 bits per heavy atom. The third-order valence-electron chi connectivity index (χ3n) is 2.97. The lowest BCUT2D eigenvalue weighted by Gasteiger charge is -2.12. The maximum absolute atomic E-state index is 12.1. The Balaban J connectivity index is 2.09. The minimum absolute atomic E-state index is 0.0954. The fourth-order valence-electron chi connectivity index (χ4n) is 1.76. The van der Waals surface area contributed by atoms with Gasteiger partial charge in [-0.15, -0.1) is 0 Å². The fraction of sp³-hybridized carbons (Fsp3) is 0.200. The molecule has 2 rings (SSSR count). The number of nitrogens with one attached hydrogen (secondary N) is 1. The van der Waals surface area contributed by atoms with Crippen LogP contribution in [0.15, 0.2) is 42.6 Å². The maximum atomic E-state index is 12.1. The van der Waals surface area contributed by atoms with Crippen molar-refractivity contribution in [3.05, 3.63) is 53.7 Å². The van der Waals surface area contributed by atoms with Gasteiger partial charge in [-0.3, -0.25) is 4.79 Å². The van der Waals surface area contributed by atoms with E-state index in [0.29, 0.717) is 11.5 Å². The van der Waals surface area contributed by atoms with Crippen LogP contribution in [-0.2, 0) is 4.79 Å². The molecule has 3 N–H and O–H groups in total. The first-order valence-corrected chi connectivity index (χ1v) is 6.15. The van der Waals surface area contributed by atoms with Gasteiger partial charge in [-0.1, -0.05) is 18.2 Å². The standard InChI is InChI=1S/C15H17N3O/c1-10-6-7-14(17-9-10)18-15(19)11(2)12-4-3-5-13(16)8-12/h3-9,11H,16H2,1-2H3,(H,17,18,19). The van der Waals surface area contributed by atoms with E-state index in [1.54, 1.807) is 18.3 Å². The van der Waals surface area contributed by atoms with Crippen LogP contribution in [0.5, 0.6) is 0 Å². The van der Waals surface area contributed by atoms with Crippen LogP contribution in [0.25, 0.3) is 0 Å². The average Bonchev–Trinajstić information content (AvgIpc) is 2.40. The van der Waals surface area contributed by atoms with E-state index in [0.717, 1.165) is 11.1 Å². The molecule has 0 spiro atoms. The minimum Gasteiger partial charge on any atom is -0.399 e. The first-order chi connectivity index (χ1) is 9.06. The van der Waals surface area contributed by atoms with E-state index in [9.17, 15) is 4.79 Å². The van der Waals surface area contributed by atoms with E-state index in [4.69, 9.17) is 5.73 Å². The van der Waals surface area contributed by atoms with E-state index in [1.807, 2.05) is 38.1 Å². The van der Waals surface area contributed by atoms with Crippen molar-refractivity contribution in [2.24, 2.45) is 0 Å². The molecule has 19 heavy (non-hydrogen) atoms. The van der Waals surface area contributed by atoms with Crippen molar-refractivity contribution >= 4 is 17.4 Å². The molecule has 2 aromatic rings. The summed E-state index contributed by atoms with van der Waals surface area (Å²) in [4.78, 5) is 16.3. The number of rotatable bonds is 3. The van der Waals surface area contributed by atoms with Crippen molar-refractivity contribution in [3.8, 4) is 0 Å². The molecule has 0 aliphatic carbocycles. The molecule has 0 bridgehead atoms. The number of nitrogen functional groups attached to an aromatic ring is 1. The Morgan fingerprint density at radius 3 is 2.74 bits per heavy atom. The smallest absolute Gasteiger partial charge is 0.232 e. The molecule has 4 nitrogen and oxygen atoms in total. The van der Waals surface area contributed by atoms with Crippen LogP contribution in [-0.4, -0.2) is 10.9 Å². The fourth-order valence-corrected chi connectivity index (χ4v) is 1.76. The Kier molecular flexibility index (Phi) is 3.80. The highest BCUT2D eigenvalue weighted by Crippen LogP contribution is 2.19. The number of aryl methyl sites for hydroxylation is 1. The third-order valence-corrected chi connectivity index (χ3v) is 2.97. The number of hydrogen-bond donors (Lipinski definition) is 2. The second-order valence-electron chi connectivity index (χ2n) is 4.60. The third kappa shape index (κ3) is 3.31. The van der Waals surface area contributed by atoms with Gasteiger partial charge in [0.05, 0.1) is 5.92 Å². The molecule has 0 radical (unpaired) electrons. The summed E-state index contributed by atoms with van der Waals surface area (Å²) in [7, 11) is 0. The van der Waals surface area contributed by atoms with Crippen molar-refractivity contribution in [2.75, 3.05) is 11.1 Å². The number of aromatic nitrogens is 1. The minimum atomic E-state index is -0.272. The van der Waals surface area contributed by atoms with Gasteiger partial charge in [-0.05, 0) is 43.2 Å². The number of nitrogens with two attached hydrogens (primary N) is 1. The van der Waals surface area contributed by atoms with Gasteiger partial charge in [-0.2, -0.15) is 0 Å². The highest BCUT2D eigenvalue weighted by Gasteiger charge is 2.15. The van der Waals surface area contributed by atoms with Gasteiger partial charge in [0.1, 0.15) is 5.82 Å². The van der Waals surface area contributed by atoms with Gasteiger partial charge in [0.25, 0.3) is 0 Å². The first kappa shape index (κ1) is 13.1. The molecule has 0 aliphatic rings. The lowest BCUT2D eigenvalue weighted by Crippen LogP contribution is -2.19. The molecule has 0 aliphatic heterocycles. The molecule has 1 atom stereocenters. The summed E-state index contributed by atoms with van der Waals surface area (Å²) in [5.41, 5.74) is 8.33. The summed E-state index contributed by atoms with van der Waals surface area (Å²) in [6.07, 6.45) is 1.72. The van der Waals surface area contributed by atoms with E-state index in [-0.39, 0.29) is 11.8 Å². The van der Waals surface area contributed by atoms with Crippen LogP contribution in [0.2, 0.25) is 0 Å². The van der Waals surface area contributed by atoms with Crippen LogP contribution in [0.1, 0.15) is 24.0 Å². The molecule has 1 aromatic heterocycles. The van der Waals surface area contributed by atoms with E-state index >= 15 is 0 Å². The predicted molar refractivity (Wildman–Crippen MR) is 76.9 cm³/mol. The van der Waals surface area contributed by atoms with Crippen LogP contribution in [0.4, 0.5) is 11.5 Å². The Bertz CT molecular complexity index is 578. The number of carbonyl (C=O) groups excluding carboxylic acids is 1. The number of nitrogens with zero attached hydrogens (tertiary/aromatic N) is 1. The topological polar surface area (TPSA) is 68.0 Å². The van der Waals surface area contributed by atoms with Crippen LogP contribution in [0.3, 0.4) is 0 Å². The molecular formula is C15H17N3O. The van der Waals surface area contributed by atoms with Gasteiger partial charge >= 0.3 is 0 Å². The number of anilines is 2. The predicted octanol–water partition coefficient (Wildman–Crippen LogP) is 2.71. The number of benzene rings is 1. The summed E-state index contributed by atoms with van der Waals surface area (Å²) >= 11 is 0. The van der Waals surface area contributed by atoms with Gasteiger partial charge < -0.3 is 11.1 Å². The summed E-state index contributed by atoms with van der Waals surface area (Å²) in [6.45, 7) is 3.80. The Morgan fingerprint density at radius 1 is 1.32 bits per heavy atom. The molecule has 4 heteroatoms. The number of amides is 1. The summed E-state index contributed by atoms with van der Waals surface area (Å²) in [6, 6.07) is 11.1. The summed E-state index contributed by atoms with van der Waals surface area (Å²) in [5.74, 6) is 0.194. The van der Waals surface area contributed by atoms with E-state index < -0.39 is 0 Å². The van der Waals surface area contributed by atoms with Gasteiger partial charge in [-0.25, -0.2) is 4.98 Å². The highest BCUT2D eigenvalue weighted by molar-refractivity contribution is 5.94. The second-order valence-corrected chi connectivity index (χ2v) is 4.60. The van der Waals surface area contributed by atoms with Gasteiger partial charge in [0.15, 0.2) is 0 Å². The molecule has 1 unspecified atom stereocenters. The Labute approximate surface area is 112 Å². The van der Waals surface area contributed by atoms with Crippen molar-refractivity contribution in [1.82, 2.24) is 4.98 Å². The van der Waals surface area contributed by atoms with Crippen molar-refractivity contribution in [2.45, 2.75) is 19.8 Å². The lowest BCUT2D eigenvalue weighted by molar-refractivity contribution is -0.117. The highest BCUT2D eigenvalue weighted by atomic mass is 16.1. The maximum Gasteiger partial charge on any atom is 0.232 e. The zero-order valence-electron chi connectivity index (χ0n) is 11.1. The Hall–Kier alpha value is -2.36. The van der Waals surface area contributed by atoms with Crippen molar-refractivity contribution < 1.29 is 4.79 Å². The number of pyridine rings is 1. The monoisotopic (exact) mass is 255 g/mol. The quantitative estimate of drug-likeness (QED) is 0.829. The largest absolute Gasteiger partial charge is 0.399 e. The van der Waals surface area contributed by atoms with E-state index in [2.05, 4.69) is 10.3 Å². The van der Waals surface area contributed by atoms with Gasteiger partial charge in [0.2, 0.25) is 5.91 Å². The molecule has 1 aromatic carbocycles. The normalized spacial score (nSPS) is 11.9. The van der Waals surface area contributed by atoms with E-state index in [1.165, 1.54) is 0 Å². The van der Waals surface area contributed by atoms with Crippen LogP contribution >= 0.6 is 0 Å². The summed E-state index contributed by atoms with van der Waals surface area (Å²) in [5, 5.41) is 2.80. The zero-order chi connectivity index (χ0) is 13.8. The van der Waals surface area contributed by atoms with Crippen LogP contribution in [0, 0.1) is 6.92 Å². The van der Waals surface area contributed by atoms with Crippen LogP contribution < -0.4 is 11.1 Å². The molecule has 98 valence electrons. The summed E-state index contributed by atoms with van der Waals surface area (Å²) < 4.78 is 0.